The number of Topliss-reactive ketones (excluding diaryl/α,β-unsaturated/α-hetero) is 1. The van der Waals surface area contributed by atoms with Crippen LogP contribution in [0.15, 0.2) is 47.4 Å². The normalized spacial score (nSPS) is 11.0. The molecular formula is C16H17NO4S. The number of ketones is 1. The van der Waals surface area contributed by atoms with Crippen LogP contribution in [0.4, 0.5) is 5.69 Å². The number of benzene rings is 2. The van der Waals surface area contributed by atoms with Crippen molar-refractivity contribution in [2.75, 3.05) is 11.8 Å². The van der Waals surface area contributed by atoms with E-state index in [2.05, 4.69) is 4.72 Å². The Bertz CT molecular complexity index is 795. The number of methoxy groups -OCH3 is 1. The zero-order valence-corrected chi connectivity index (χ0v) is 13.4. The quantitative estimate of drug-likeness (QED) is 0.860. The molecule has 0 bridgehead atoms. The molecule has 0 heterocycles. The molecule has 0 fully saturated rings. The van der Waals surface area contributed by atoms with Gasteiger partial charge in [0.05, 0.1) is 17.7 Å². The number of anilines is 1. The predicted octanol–water partition coefficient (Wildman–Crippen LogP) is 3.01. The summed E-state index contributed by atoms with van der Waals surface area (Å²) in [6, 6.07) is 11.0. The van der Waals surface area contributed by atoms with Gasteiger partial charge in [0.2, 0.25) is 0 Å². The molecule has 0 spiro atoms. The lowest BCUT2D eigenvalue weighted by Crippen LogP contribution is -2.13. The summed E-state index contributed by atoms with van der Waals surface area (Å²) in [6.45, 7) is 3.32. The molecule has 0 amide bonds. The van der Waals surface area contributed by atoms with Gasteiger partial charge in [-0.15, -0.1) is 0 Å². The third-order valence-electron chi connectivity index (χ3n) is 3.17. The van der Waals surface area contributed by atoms with E-state index >= 15 is 0 Å². The van der Waals surface area contributed by atoms with Crippen molar-refractivity contribution < 1.29 is 17.9 Å². The van der Waals surface area contributed by atoms with Crippen LogP contribution >= 0.6 is 0 Å². The number of ether oxygens (including phenoxy) is 1. The Morgan fingerprint density at radius 2 is 1.73 bits per heavy atom. The Morgan fingerprint density at radius 3 is 2.27 bits per heavy atom. The van der Waals surface area contributed by atoms with Crippen LogP contribution in [0.1, 0.15) is 22.8 Å². The van der Waals surface area contributed by atoms with E-state index in [-0.39, 0.29) is 10.7 Å². The molecule has 0 aromatic heterocycles. The number of nitrogens with one attached hydrogen (secondary N) is 1. The molecule has 5 nitrogen and oxygen atoms in total. The topological polar surface area (TPSA) is 72.5 Å². The first-order valence-corrected chi connectivity index (χ1v) is 8.10. The van der Waals surface area contributed by atoms with Gasteiger partial charge >= 0.3 is 0 Å². The first-order chi connectivity index (χ1) is 10.3. The lowest BCUT2D eigenvalue weighted by atomic mass is 10.2. The minimum atomic E-state index is -3.74. The Hall–Kier alpha value is -2.34. The molecule has 0 saturated carbocycles. The molecule has 0 radical (unpaired) electrons. The second kappa shape index (κ2) is 6.19. The first kappa shape index (κ1) is 16.0. The summed E-state index contributed by atoms with van der Waals surface area (Å²) in [7, 11) is -2.26. The van der Waals surface area contributed by atoms with E-state index in [4.69, 9.17) is 4.74 Å². The van der Waals surface area contributed by atoms with Crippen LogP contribution in [0.5, 0.6) is 5.75 Å². The largest absolute Gasteiger partial charge is 0.495 e. The van der Waals surface area contributed by atoms with E-state index in [9.17, 15) is 13.2 Å². The summed E-state index contributed by atoms with van der Waals surface area (Å²) >= 11 is 0. The van der Waals surface area contributed by atoms with E-state index in [1.165, 1.54) is 38.3 Å². The third kappa shape index (κ3) is 3.46. The molecule has 0 saturated heterocycles. The highest BCUT2D eigenvalue weighted by molar-refractivity contribution is 7.92. The molecule has 0 atom stereocenters. The van der Waals surface area contributed by atoms with Crippen LogP contribution in [0.3, 0.4) is 0 Å². The number of carbonyl (C=O) groups excluding carboxylic acids is 1. The summed E-state index contributed by atoms with van der Waals surface area (Å²) in [5, 5.41) is 0. The molecule has 1 N–H and O–H groups in total. The maximum absolute atomic E-state index is 12.4. The predicted molar refractivity (Wildman–Crippen MR) is 85.0 cm³/mol. The van der Waals surface area contributed by atoms with Gasteiger partial charge in [0.25, 0.3) is 10.0 Å². The third-order valence-corrected chi connectivity index (χ3v) is 4.55. The van der Waals surface area contributed by atoms with Crippen LogP contribution in [-0.2, 0) is 10.0 Å². The van der Waals surface area contributed by atoms with Crippen molar-refractivity contribution in [1.29, 1.82) is 0 Å². The van der Waals surface area contributed by atoms with Crippen molar-refractivity contribution in [3.63, 3.8) is 0 Å². The standard InChI is InChI=1S/C16H17NO4S/c1-11-4-9-15(16(10-11)21-3)17-22(19,20)14-7-5-13(6-8-14)12(2)18/h4-10,17H,1-3H3. The highest BCUT2D eigenvalue weighted by atomic mass is 32.2. The zero-order chi connectivity index (χ0) is 16.3. The van der Waals surface area contributed by atoms with Crippen LogP contribution < -0.4 is 9.46 Å². The minimum absolute atomic E-state index is 0.0835. The molecule has 22 heavy (non-hydrogen) atoms. The number of aryl methyl sites for hydroxylation is 1. The molecule has 0 aliphatic rings. The van der Waals surface area contributed by atoms with Crippen LogP contribution in [0.25, 0.3) is 0 Å². The molecule has 0 aliphatic heterocycles. The van der Waals surface area contributed by atoms with Crippen LogP contribution in [-0.4, -0.2) is 21.3 Å². The van der Waals surface area contributed by atoms with E-state index in [0.29, 0.717) is 17.0 Å². The van der Waals surface area contributed by atoms with Crippen LogP contribution in [0.2, 0.25) is 0 Å². The van der Waals surface area contributed by atoms with Crippen molar-refractivity contribution in [3.8, 4) is 5.75 Å². The molecule has 2 aromatic rings. The highest BCUT2D eigenvalue weighted by Gasteiger charge is 2.16. The number of sulfonamides is 1. The lowest BCUT2D eigenvalue weighted by Gasteiger charge is -2.12. The van der Waals surface area contributed by atoms with Crippen LogP contribution in [0, 0.1) is 6.92 Å². The Morgan fingerprint density at radius 1 is 1.09 bits per heavy atom. The molecule has 116 valence electrons. The summed E-state index contributed by atoms with van der Waals surface area (Å²) in [6.07, 6.45) is 0. The number of hydrogen-bond donors (Lipinski definition) is 1. The maximum atomic E-state index is 12.4. The van der Waals surface area contributed by atoms with Gasteiger partial charge in [0.1, 0.15) is 5.75 Å². The fourth-order valence-corrected chi connectivity index (χ4v) is 3.03. The van der Waals surface area contributed by atoms with Crippen molar-refractivity contribution in [1.82, 2.24) is 0 Å². The van der Waals surface area contributed by atoms with Gasteiger partial charge in [-0.05, 0) is 43.7 Å². The van der Waals surface area contributed by atoms with Gasteiger partial charge < -0.3 is 4.74 Å². The second-order valence-electron chi connectivity index (χ2n) is 4.89. The Labute approximate surface area is 130 Å². The molecule has 2 rings (SSSR count). The summed E-state index contributed by atoms with van der Waals surface area (Å²) in [5.41, 5.74) is 1.79. The fraction of sp³-hybridized carbons (Fsp3) is 0.188. The smallest absolute Gasteiger partial charge is 0.262 e. The van der Waals surface area contributed by atoms with Gasteiger partial charge in [-0.3, -0.25) is 9.52 Å². The van der Waals surface area contributed by atoms with Gasteiger partial charge in [0, 0.05) is 5.56 Å². The fourth-order valence-electron chi connectivity index (χ4n) is 1.96. The van der Waals surface area contributed by atoms with Gasteiger partial charge in [-0.1, -0.05) is 18.2 Å². The summed E-state index contributed by atoms with van der Waals surface area (Å²) in [5.74, 6) is 0.334. The Kier molecular flexibility index (Phi) is 4.51. The lowest BCUT2D eigenvalue weighted by molar-refractivity contribution is 0.101. The maximum Gasteiger partial charge on any atom is 0.262 e. The molecule has 0 unspecified atom stereocenters. The summed E-state index contributed by atoms with van der Waals surface area (Å²) in [4.78, 5) is 11.3. The van der Waals surface area contributed by atoms with E-state index in [0.717, 1.165) is 5.56 Å². The SMILES string of the molecule is COc1cc(C)ccc1NS(=O)(=O)c1ccc(C(C)=O)cc1. The van der Waals surface area contributed by atoms with Gasteiger partial charge in [0.15, 0.2) is 5.78 Å². The molecular weight excluding hydrogens is 302 g/mol. The monoisotopic (exact) mass is 319 g/mol. The van der Waals surface area contributed by atoms with E-state index in [1.54, 1.807) is 18.2 Å². The molecule has 2 aromatic carbocycles. The Balaban J connectivity index is 2.33. The number of carbonyl (C=O) groups is 1. The second-order valence-corrected chi connectivity index (χ2v) is 6.57. The van der Waals surface area contributed by atoms with E-state index < -0.39 is 10.0 Å². The average Bonchev–Trinajstić information content (AvgIpc) is 2.49. The number of hydrogen-bond acceptors (Lipinski definition) is 4. The van der Waals surface area contributed by atoms with Crippen molar-refractivity contribution >= 4 is 21.5 Å². The van der Waals surface area contributed by atoms with Crippen molar-refractivity contribution in [3.05, 3.63) is 53.6 Å². The zero-order valence-electron chi connectivity index (χ0n) is 12.6. The van der Waals surface area contributed by atoms with Gasteiger partial charge in [-0.2, -0.15) is 0 Å². The summed E-state index contributed by atoms with van der Waals surface area (Å²) < 4.78 is 32.4. The number of rotatable bonds is 5. The van der Waals surface area contributed by atoms with E-state index in [1.807, 2.05) is 6.92 Å². The van der Waals surface area contributed by atoms with Gasteiger partial charge in [-0.25, -0.2) is 8.42 Å². The highest BCUT2D eigenvalue weighted by Crippen LogP contribution is 2.27. The van der Waals surface area contributed by atoms with Crippen molar-refractivity contribution in [2.45, 2.75) is 18.7 Å². The minimum Gasteiger partial charge on any atom is -0.495 e. The molecule has 0 aliphatic carbocycles. The molecule has 6 heteroatoms. The average molecular weight is 319 g/mol. The van der Waals surface area contributed by atoms with Crippen molar-refractivity contribution in [2.24, 2.45) is 0 Å². The first-order valence-electron chi connectivity index (χ1n) is 6.62.